The number of rotatable bonds is 9. The highest BCUT2D eigenvalue weighted by Crippen LogP contribution is 2.23. The Kier molecular flexibility index (Phi) is 6.87. The number of anilines is 1. The molecule has 2 heterocycles. The second-order valence-corrected chi connectivity index (χ2v) is 6.83. The number of benzene rings is 1. The average Bonchev–Trinajstić information content (AvgIpc) is 3.37. The molecule has 30 heavy (non-hydrogen) atoms. The molecule has 9 nitrogen and oxygen atoms in total. The van der Waals surface area contributed by atoms with Gasteiger partial charge in [-0.25, -0.2) is 0 Å². The predicted molar refractivity (Wildman–Crippen MR) is 114 cm³/mol. The van der Waals surface area contributed by atoms with Gasteiger partial charge in [0.1, 0.15) is 5.75 Å². The number of nitrogens with zero attached hydrogens (tertiary/aromatic N) is 2. The molecule has 3 rings (SSSR count). The lowest BCUT2D eigenvalue weighted by molar-refractivity contribution is 0.0949. The van der Waals surface area contributed by atoms with E-state index < -0.39 is 0 Å². The molecular formula is C21H26N6O3. The van der Waals surface area contributed by atoms with Crippen molar-refractivity contribution in [3.05, 3.63) is 65.2 Å². The first-order valence-corrected chi connectivity index (χ1v) is 9.64. The van der Waals surface area contributed by atoms with Crippen LogP contribution in [0.2, 0.25) is 0 Å². The molecule has 2 aromatic heterocycles. The van der Waals surface area contributed by atoms with Gasteiger partial charge in [0, 0.05) is 43.3 Å². The standard InChI is InChI=1S/C21H26N6O3/c1-27-10-3-5-16(27)11-15-13-18(26-25-15)21(29)24-14-6-7-19(30-2)17(12-14)20(28)23-9-4-8-22/h3,5-7,10,12-13H,4,8-9,11,22H2,1-2H3,(H,23,28)(H,24,29)(H,25,26). The van der Waals surface area contributed by atoms with Gasteiger partial charge >= 0.3 is 0 Å². The molecular weight excluding hydrogens is 384 g/mol. The number of amides is 2. The van der Waals surface area contributed by atoms with E-state index in [1.807, 2.05) is 29.9 Å². The molecule has 3 aromatic rings. The Labute approximate surface area is 174 Å². The molecule has 0 aliphatic carbocycles. The smallest absolute Gasteiger partial charge is 0.276 e. The van der Waals surface area contributed by atoms with Crippen molar-refractivity contribution >= 4 is 17.5 Å². The molecule has 0 atom stereocenters. The van der Waals surface area contributed by atoms with Gasteiger partial charge in [-0.3, -0.25) is 14.7 Å². The summed E-state index contributed by atoms with van der Waals surface area (Å²) in [7, 11) is 3.45. The fraction of sp³-hybridized carbons (Fsp3) is 0.286. The highest BCUT2D eigenvalue weighted by molar-refractivity contribution is 6.04. The number of aryl methyl sites for hydroxylation is 1. The zero-order valence-corrected chi connectivity index (χ0v) is 17.1. The van der Waals surface area contributed by atoms with E-state index in [0.717, 1.165) is 11.4 Å². The lowest BCUT2D eigenvalue weighted by Gasteiger charge is -2.11. The summed E-state index contributed by atoms with van der Waals surface area (Å²) in [6.45, 7) is 0.954. The van der Waals surface area contributed by atoms with Gasteiger partial charge in [0.15, 0.2) is 5.69 Å². The number of carbonyl (C=O) groups is 2. The van der Waals surface area contributed by atoms with E-state index in [1.165, 1.54) is 7.11 Å². The number of hydrogen-bond donors (Lipinski definition) is 4. The first-order chi connectivity index (χ1) is 14.5. The molecule has 2 amide bonds. The third-order valence-electron chi connectivity index (χ3n) is 4.65. The Bertz CT molecular complexity index is 1020. The highest BCUT2D eigenvalue weighted by Gasteiger charge is 2.16. The molecule has 158 valence electrons. The van der Waals surface area contributed by atoms with Crippen molar-refractivity contribution in [3.8, 4) is 5.75 Å². The van der Waals surface area contributed by atoms with E-state index in [-0.39, 0.29) is 17.5 Å². The van der Waals surface area contributed by atoms with Gasteiger partial charge in [-0.2, -0.15) is 5.10 Å². The lowest BCUT2D eigenvalue weighted by atomic mass is 10.1. The molecule has 0 bridgehead atoms. The van der Waals surface area contributed by atoms with Crippen LogP contribution in [0.15, 0.2) is 42.6 Å². The molecule has 5 N–H and O–H groups in total. The number of hydrogen-bond acceptors (Lipinski definition) is 5. The first kappa shape index (κ1) is 21.1. The van der Waals surface area contributed by atoms with Crippen molar-refractivity contribution in [2.75, 3.05) is 25.5 Å². The van der Waals surface area contributed by atoms with Gasteiger partial charge < -0.3 is 25.7 Å². The third kappa shape index (κ3) is 5.06. The van der Waals surface area contributed by atoms with E-state index in [9.17, 15) is 9.59 Å². The van der Waals surface area contributed by atoms with Gasteiger partial charge in [0.05, 0.1) is 12.7 Å². The first-order valence-electron chi connectivity index (χ1n) is 9.64. The van der Waals surface area contributed by atoms with Crippen LogP contribution in [0.4, 0.5) is 5.69 Å². The van der Waals surface area contributed by atoms with Crippen molar-refractivity contribution in [3.63, 3.8) is 0 Å². The molecule has 0 saturated heterocycles. The summed E-state index contributed by atoms with van der Waals surface area (Å²) in [6, 6.07) is 10.6. The Hall–Kier alpha value is -3.59. The van der Waals surface area contributed by atoms with Crippen molar-refractivity contribution < 1.29 is 14.3 Å². The number of aromatic amines is 1. The van der Waals surface area contributed by atoms with Crippen LogP contribution < -0.4 is 21.1 Å². The van der Waals surface area contributed by atoms with Crippen LogP contribution >= 0.6 is 0 Å². The molecule has 0 aliphatic rings. The number of carbonyl (C=O) groups excluding carboxylic acids is 2. The van der Waals surface area contributed by atoms with Gasteiger partial charge in [-0.05, 0) is 49.4 Å². The monoisotopic (exact) mass is 410 g/mol. The Morgan fingerprint density at radius 3 is 2.77 bits per heavy atom. The molecule has 0 saturated carbocycles. The molecule has 9 heteroatoms. The van der Waals surface area contributed by atoms with Gasteiger partial charge in [-0.1, -0.05) is 0 Å². The minimum atomic E-state index is -0.371. The van der Waals surface area contributed by atoms with Crippen molar-refractivity contribution in [1.82, 2.24) is 20.1 Å². The summed E-state index contributed by atoms with van der Waals surface area (Å²) in [5.74, 6) is -0.243. The fourth-order valence-electron chi connectivity index (χ4n) is 3.00. The fourth-order valence-corrected chi connectivity index (χ4v) is 3.00. The summed E-state index contributed by atoms with van der Waals surface area (Å²) < 4.78 is 7.27. The van der Waals surface area contributed by atoms with Crippen molar-refractivity contribution in [2.45, 2.75) is 12.8 Å². The highest BCUT2D eigenvalue weighted by atomic mass is 16.5. The van der Waals surface area contributed by atoms with E-state index in [1.54, 1.807) is 24.3 Å². The Balaban J connectivity index is 1.69. The van der Waals surface area contributed by atoms with Crippen molar-refractivity contribution in [2.24, 2.45) is 12.8 Å². The van der Waals surface area contributed by atoms with E-state index in [2.05, 4.69) is 20.8 Å². The van der Waals surface area contributed by atoms with E-state index in [0.29, 0.717) is 42.9 Å². The molecule has 0 spiro atoms. The topological polar surface area (TPSA) is 127 Å². The second-order valence-electron chi connectivity index (χ2n) is 6.83. The quantitative estimate of drug-likeness (QED) is 0.399. The maximum Gasteiger partial charge on any atom is 0.276 e. The minimum Gasteiger partial charge on any atom is -0.496 e. The summed E-state index contributed by atoms with van der Waals surface area (Å²) in [4.78, 5) is 25.0. The number of H-pyrrole nitrogens is 1. The zero-order chi connectivity index (χ0) is 21.5. The lowest BCUT2D eigenvalue weighted by Crippen LogP contribution is -2.26. The molecule has 0 radical (unpaired) electrons. The van der Waals surface area contributed by atoms with Crippen LogP contribution in [0.5, 0.6) is 5.75 Å². The Morgan fingerprint density at radius 2 is 2.07 bits per heavy atom. The predicted octanol–water partition coefficient (Wildman–Crippen LogP) is 1.68. The van der Waals surface area contributed by atoms with Crippen LogP contribution in [0, 0.1) is 0 Å². The maximum atomic E-state index is 12.6. The van der Waals surface area contributed by atoms with Crippen LogP contribution in [0.25, 0.3) is 0 Å². The van der Waals surface area contributed by atoms with E-state index in [4.69, 9.17) is 10.5 Å². The normalized spacial score (nSPS) is 10.6. The van der Waals surface area contributed by atoms with Crippen molar-refractivity contribution in [1.29, 1.82) is 0 Å². The third-order valence-corrected chi connectivity index (χ3v) is 4.65. The van der Waals surface area contributed by atoms with Crippen LogP contribution in [-0.2, 0) is 13.5 Å². The SMILES string of the molecule is COc1ccc(NC(=O)c2cc(Cc3cccn3C)[nH]n2)cc1C(=O)NCCCN. The summed E-state index contributed by atoms with van der Waals surface area (Å²) >= 11 is 0. The summed E-state index contributed by atoms with van der Waals surface area (Å²) in [5, 5.41) is 12.6. The summed E-state index contributed by atoms with van der Waals surface area (Å²) in [6.07, 6.45) is 3.28. The van der Waals surface area contributed by atoms with E-state index >= 15 is 0 Å². The van der Waals surface area contributed by atoms with Gasteiger partial charge in [0.2, 0.25) is 0 Å². The Morgan fingerprint density at radius 1 is 1.23 bits per heavy atom. The zero-order valence-electron chi connectivity index (χ0n) is 17.1. The number of ether oxygens (including phenoxy) is 1. The number of nitrogens with two attached hydrogens (primary N) is 1. The van der Waals surface area contributed by atoms with Gasteiger partial charge in [0.25, 0.3) is 11.8 Å². The summed E-state index contributed by atoms with van der Waals surface area (Å²) in [5.41, 5.74) is 8.46. The minimum absolute atomic E-state index is 0.268. The molecule has 0 fully saturated rings. The molecule has 1 aromatic carbocycles. The molecule has 0 unspecified atom stereocenters. The maximum absolute atomic E-state index is 12.6. The number of aromatic nitrogens is 3. The largest absolute Gasteiger partial charge is 0.496 e. The number of methoxy groups -OCH3 is 1. The molecule has 0 aliphatic heterocycles. The van der Waals surface area contributed by atoms with Crippen LogP contribution in [0.1, 0.15) is 38.7 Å². The number of nitrogens with one attached hydrogen (secondary N) is 3. The average molecular weight is 410 g/mol. The van der Waals surface area contributed by atoms with Crippen LogP contribution in [0.3, 0.4) is 0 Å². The van der Waals surface area contributed by atoms with Gasteiger partial charge in [-0.15, -0.1) is 0 Å². The second kappa shape index (κ2) is 9.75. The van der Waals surface area contributed by atoms with Crippen LogP contribution in [-0.4, -0.2) is 46.8 Å².